The lowest BCUT2D eigenvalue weighted by atomic mass is 9.85. The first-order chi connectivity index (χ1) is 10.9. The summed E-state index contributed by atoms with van der Waals surface area (Å²) < 4.78 is 17.5. The van der Waals surface area contributed by atoms with E-state index in [-0.39, 0.29) is 11.2 Å². The van der Waals surface area contributed by atoms with Gasteiger partial charge >= 0.3 is 7.12 Å². The Bertz CT molecular complexity index is 643. The Hall–Kier alpha value is -1.92. The topological polar surface area (TPSA) is 53.5 Å². The van der Waals surface area contributed by atoms with Crippen LogP contribution in [0, 0.1) is 0 Å². The number of benzene rings is 1. The number of aromatic nitrogens is 2. The van der Waals surface area contributed by atoms with Crippen LogP contribution in [0.4, 0.5) is 0 Å². The van der Waals surface area contributed by atoms with Crippen LogP contribution < -0.4 is 10.3 Å². The highest BCUT2D eigenvalue weighted by molar-refractivity contribution is 6.61. The predicted molar refractivity (Wildman–Crippen MR) is 88.5 cm³/mol. The fourth-order valence-electron chi connectivity index (χ4n) is 2.22. The molecule has 120 valence electrons. The van der Waals surface area contributed by atoms with Crippen LogP contribution in [0.15, 0.2) is 42.7 Å². The van der Waals surface area contributed by atoms with Gasteiger partial charge < -0.3 is 14.0 Å². The van der Waals surface area contributed by atoms with Crippen LogP contribution in [-0.2, 0) is 15.9 Å². The lowest BCUT2D eigenvalue weighted by Gasteiger charge is -2.32. The van der Waals surface area contributed by atoms with Gasteiger partial charge in [0.15, 0.2) is 0 Å². The van der Waals surface area contributed by atoms with Gasteiger partial charge in [0.1, 0.15) is 6.61 Å². The molecule has 0 unspecified atom stereocenters. The molecule has 23 heavy (non-hydrogen) atoms. The minimum absolute atomic E-state index is 0.387. The fraction of sp³-hybridized carbons (Fsp3) is 0.412. The summed E-state index contributed by atoms with van der Waals surface area (Å²) in [6, 6.07) is 9.94. The Balaban J connectivity index is 1.64. The lowest BCUT2D eigenvalue weighted by Crippen LogP contribution is -2.41. The van der Waals surface area contributed by atoms with E-state index in [4.69, 9.17) is 14.0 Å². The summed E-state index contributed by atoms with van der Waals surface area (Å²) in [4.78, 5) is 8.66. The van der Waals surface area contributed by atoms with E-state index >= 15 is 0 Å². The van der Waals surface area contributed by atoms with Crippen molar-refractivity contribution in [2.45, 2.75) is 45.5 Å². The average molecular weight is 312 g/mol. The van der Waals surface area contributed by atoms with Gasteiger partial charge in [-0.3, -0.25) is 4.98 Å². The summed E-state index contributed by atoms with van der Waals surface area (Å²) in [7, 11) is -0.504. The minimum Gasteiger partial charge on any atom is -0.472 e. The van der Waals surface area contributed by atoms with Gasteiger partial charge in [-0.25, -0.2) is 4.98 Å². The van der Waals surface area contributed by atoms with E-state index in [0.717, 1.165) is 5.56 Å². The second-order valence-electron chi connectivity index (χ2n) is 6.64. The third-order valence-electron chi connectivity index (χ3n) is 4.37. The normalized spacial score (nSPS) is 18.9. The lowest BCUT2D eigenvalue weighted by molar-refractivity contribution is 0.00578. The smallest absolute Gasteiger partial charge is 0.472 e. The van der Waals surface area contributed by atoms with E-state index in [1.54, 1.807) is 12.4 Å². The summed E-state index contributed by atoms with van der Waals surface area (Å²) in [6.45, 7) is 8.51. The molecule has 0 bridgehead atoms. The van der Waals surface area contributed by atoms with Gasteiger partial charge in [0, 0.05) is 6.20 Å². The molecular weight excluding hydrogens is 291 g/mol. The fourth-order valence-corrected chi connectivity index (χ4v) is 2.22. The van der Waals surface area contributed by atoms with E-state index in [2.05, 4.69) is 9.97 Å². The van der Waals surface area contributed by atoms with E-state index < -0.39 is 7.12 Å². The second kappa shape index (κ2) is 5.94. The number of hydrogen-bond acceptors (Lipinski definition) is 5. The molecule has 1 fully saturated rings. The molecule has 0 amide bonds. The molecule has 1 aromatic carbocycles. The van der Waals surface area contributed by atoms with Crippen molar-refractivity contribution in [1.82, 2.24) is 9.97 Å². The molecule has 3 rings (SSSR count). The maximum atomic E-state index is 5.95. The number of rotatable bonds is 4. The molecule has 0 spiro atoms. The van der Waals surface area contributed by atoms with Gasteiger partial charge in [0.25, 0.3) is 0 Å². The molecule has 0 atom stereocenters. The SMILES string of the molecule is CC1(C)OB(c2cnc(OCc3ccccc3)cn2)OC1(C)C. The zero-order chi connectivity index (χ0) is 16.5. The molecule has 2 heterocycles. The van der Waals surface area contributed by atoms with Crippen LogP contribution in [0.2, 0.25) is 0 Å². The molecule has 0 aliphatic carbocycles. The first-order valence-electron chi connectivity index (χ1n) is 7.72. The molecule has 6 heteroatoms. The van der Waals surface area contributed by atoms with E-state index in [9.17, 15) is 0 Å². The average Bonchev–Trinajstić information content (AvgIpc) is 2.75. The monoisotopic (exact) mass is 312 g/mol. The van der Waals surface area contributed by atoms with Gasteiger partial charge in [-0.1, -0.05) is 30.3 Å². The highest BCUT2D eigenvalue weighted by atomic mass is 16.7. The molecule has 1 saturated heterocycles. The zero-order valence-electron chi connectivity index (χ0n) is 13.9. The van der Waals surface area contributed by atoms with Crippen LogP contribution in [-0.4, -0.2) is 28.3 Å². The van der Waals surface area contributed by atoms with Gasteiger partial charge in [-0.05, 0) is 33.3 Å². The Morgan fingerprint density at radius 3 is 2.17 bits per heavy atom. The van der Waals surface area contributed by atoms with Gasteiger partial charge in [0.2, 0.25) is 5.88 Å². The van der Waals surface area contributed by atoms with Crippen molar-refractivity contribution in [1.29, 1.82) is 0 Å². The predicted octanol–water partition coefficient (Wildman–Crippen LogP) is 2.35. The summed E-state index contributed by atoms with van der Waals surface area (Å²) in [5.41, 5.74) is 0.962. The zero-order valence-corrected chi connectivity index (χ0v) is 13.9. The van der Waals surface area contributed by atoms with E-state index in [1.807, 2.05) is 58.0 Å². The highest BCUT2D eigenvalue weighted by Crippen LogP contribution is 2.36. The second-order valence-corrected chi connectivity index (χ2v) is 6.64. The summed E-state index contributed by atoms with van der Waals surface area (Å²) in [6.07, 6.45) is 3.24. The third kappa shape index (κ3) is 3.38. The molecule has 1 aliphatic rings. The Kier molecular flexibility index (Phi) is 4.12. The van der Waals surface area contributed by atoms with Gasteiger partial charge in [-0.2, -0.15) is 0 Å². The van der Waals surface area contributed by atoms with Crippen molar-refractivity contribution in [3.8, 4) is 5.88 Å². The van der Waals surface area contributed by atoms with Gasteiger partial charge in [0.05, 0.1) is 23.0 Å². The summed E-state index contributed by atoms with van der Waals surface area (Å²) in [5, 5.41) is 0. The van der Waals surface area contributed by atoms with Crippen LogP contribution >= 0.6 is 0 Å². The maximum Gasteiger partial charge on any atom is 0.516 e. The molecular formula is C17H21BN2O3. The Morgan fingerprint density at radius 2 is 1.61 bits per heavy atom. The Morgan fingerprint density at radius 1 is 0.957 bits per heavy atom. The van der Waals surface area contributed by atoms with Crippen molar-refractivity contribution in [2.24, 2.45) is 0 Å². The number of ether oxygens (including phenoxy) is 1. The van der Waals surface area contributed by atoms with Crippen molar-refractivity contribution in [3.05, 3.63) is 48.3 Å². The van der Waals surface area contributed by atoms with Crippen LogP contribution in [0.5, 0.6) is 5.88 Å². The molecule has 0 radical (unpaired) electrons. The number of nitrogens with zero attached hydrogens (tertiary/aromatic N) is 2. The molecule has 5 nitrogen and oxygen atoms in total. The van der Waals surface area contributed by atoms with Crippen LogP contribution in [0.25, 0.3) is 0 Å². The van der Waals surface area contributed by atoms with Crippen molar-refractivity contribution in [3.63, 3.8) is 0 Å². The standard InChI is InChI=1S/C17H21BN2O3/c1-16(2)17(3,4)23-18(22-16)14-10-20-15(11-19-14)21-12-13-8-6-5-7-9-13/h5-11H,12H2,1-4H3. The first kappa shape index (κ1) is 16.0. The molecule has 0 saturated carbocycles. The van der Waals surface area contributed by atoms with E-state index in [0.29, 0.717) is 18.1 Å². The van der Waals surface area contributed by atoms with E-state index in [1.165, 1.54) is 0 Å². The largest absolute Gasteiger partial charge is 0.516 e. The summed E-state index contributed by atoms with van der Waals surface area (Å²) >= 11 is 0. The quantitative estimate of drug-likeness (QED) is 0.811. The highest BCUT2D eigenvalue weighted by Gasteiger charge is 2.52. The van der Waals surface area contributed by atoms with Crippen molar-refractivity contribution < 1.29 is 14.0 Å². The molecule has 2 aromatic rings. The van der Waals surface area contributed by atoms with Crippen molar-refractivity contribution >= 4 is 12.7 Å². The Labute approximate surface area is 137 Å². The first-order valence-corrected chi connectivity index (χ1v) is 7.72. The molecule has 1 aliphatic heterocycles. The van der Waals surface area contributed by atoms with Crippen LogP contribution in [0.1, 0.15) is 33.3 Å². The molecule has 1 aromatic heterocycles. The van der Waals surface area contributed by atoms with Gasteiger partial charge in [-0.15, -0.1) is 0 Å². The molecule has 0 N–H and O–H groups in total. The number of hydrogen-bond donors (Lipinski definition) is 0. The summed E-state index contributed by atoms with van der Waals surface area (Å²) in [5.74, 6) is 0.481. The minimum atomic E-state index is -0.504. The third-order valence-corrected chi connectivity index (χ3v) is 4.37. The maximum absolute atomic E-state index is 5.95. The van der Waals surface area contributed by atoms with Crippen molar-refractivity contribution in [2.75, 3.05) is 0 Å². The van der Waals surface area contributed by atoms with Crippen LogP contribution in [0.3, 0.4) is 0 Å².